The molecule has 2 heterocycles. The summed E-state index contributed by atoms with van der Waals surface area (Å²) in [6, 6.07) is 12.2. The Morgan fingerprint density at radius 3 is 2.66 bits per heavy atom. The van der Waals surface area contributed by atoms with Crippen LogP contribution in [0.15, 0.2) is 64.3 Å². The standard InChI is InChI=1S/C19H14BrN5O4/c1-29-18(28)15-14(17(27)10-5-7-12(20)8-6-10)16(11-3-2-4-13(26)9-11)25-19(21-15)22-23-24-25/h2-9,16,26H,1H3,(H,21,22,24)/t16-/m0/s1. The Hall–Kier alpha value is -3.53. The highest BCUT2D eigenvalue weighted by atomic mass is 79.9. The molecule has 3 aromatic rings. The molecule has 9 nitrogen and oxygen atoms in total. The summed E-state index contributed by atoms with van der Waals surface area (Å²) in [5, 5.41) is 24.2. The zero-order valence-electron chi connectivity index (χ0n) is 15.0. The van der Waals surface area contributed by atoms with E-state index in [1.165, 1.54) is 23.9 Å². The lowest BCUT2D eigenvalue weighted by Crippen LogP contribution is -2.32. The molecule has 0 amide bonds. The van der Waals surface area contributed by atoms with Gasteiger partial charge in [0.2, 0.25) is 5.95 Å². The van der Waals surface area contributed by atoms with E-state index in [0.717, 1.165) is 4.47 Å². The van der Waals surface area contributed by atoms with Crippen LogP contribution >= 0.6 is 15.9 Å². The van der Waals surface area contributed by atoms with E-state index < -0.39 is 17.8 Å². The van der Waals surface area contributed by atoms with Gasteiger partial charge in [0.1, 0.15) is 17.5 Å². The van der Waals surface area contributed by atoms with Gasteiger partial charge >= 0.3 is 5.97 Å². The molecule has 2 N–H and O–H groups in total. The van der Waals surface area contributed by atoms with Gasteiger partial charge in [-0.1, -0.05) is 33.2 Å². The van der Waals surface area contributed by atoms with E-state index in [1.807, 2.05) is 0 Å². The molecule has 0 fully saturated rings. The number of methoxy groups -OCH3 is 1. The molecule has 1 atom stereocenters. The lowest BCUT2D eigenvalue weighted by molar-refractivity contribution is -0.136. The average Bonchev–Trinajstić information content (AvgIpc) is 3.20. The number of benzene rings is 2. The second kappa shape index (κ2) is 7.47. The number of carbonyl (C=O) groups is 2. The third-order valence-electron chi connectivity index (χ3n) is 4.44. The smallest absolute Gasteiger partial charge is 0.355 e. The average molecular weight is 456 g/mol. The van der Waals surface area contributed by atoms with Crippen LogP contribution in [0, 0.1) is 0 Å². The molecule has 0 aliphatic carbocycles. The molecule has 0 spiro atoms. The van der Waals surface area contributed by atoms with Crippen molar-refractivity contribution >= 4 is 33.6 Å². The first-order chi connectivity index (χ1) is 14.0. The van der Waals surface area contributed by atoms with Crippen molar-refractivity contribution in [3.8, 4) is 5.75 Å². The molecule has 4 rings (SSSR count). The van der Waals surface area contributed by atoms with Gasteiger partial charge in [0.15, 0.2) is 5.78 Å². The van der Waals surface area contributed by atoms with Crippen molar-refractivity contribution in [3.05, 3.63) is 75.4 Å². The third-order valence-corrected chi connectivity index (χ3v) is 4.97. The van der Waals surface area contributed by atoms with Crippen LogP contribution in [-0.2, 0) is 9.53 Å². The first-order valence-corrected chi connectivity index (χ1v) is 9.25. The molecule has 1 aliphatic rings. The number of carbonyl (C=O) groups excluding carboxylic acids is 2. The van der Waals surface area contributed by atoms with Crippen molar-refractivity contribution < 1.29 is 19.4 Å². The lowest BCUT2D eigenvalue weighted by Gasteiger charge is -2.28. The van der Waals surface area contributed by atoms with Gasteiger partial charge in [-0.25, -0.2) is 4.79 Å². The molecule has 0 unspecified atom stereocenters. The summed E-state index contributed by atoms with van der Waals surface area (Å²) >= 11 is 3.34. The number of fused-ring (bicyclic) bond motifs is 1. The molecule has 0 saturated carbocycles. The van der Waals surface area contributed by atoms with E-state index in [1.54, 1.807) is 36.4 Å². The number of esters is 1. The fraction of sp³-hybridized carbons (Fsp3) is 0.105. The first kappa shape index (κ1) is 18.8. The molecular formula is C19H14BrN5O4. The van der Waals surface area contributed by atoms with Gasteiger partial charge in [-0.3, -0.25) is 4.79 Å². The molecule has 10 heteroatoms. The molecular weight excluding hydrogens is 442 g/mol. The Kier molecular flexibility index (Phi) is 4.85. The molecule has 2 aromatic carbocycles. The number of hydrogen-bond acceptors (Lipinski definition) is 8. The number of tetrazole rings is 1. The van der Waals surface area contributed by atoms with E-state index in [9.17, 15) is 14.7 Å². The van der Waals surface area contributed by atoms with Crippen molar-refractivity contribution in [2.75, 3.05) is 12.4 Å². The van der Waals surface area contributed by atoms with Crippen molar-refractivity contribution in [3.63, 3.8) is 0 Å². The third kappa shape index (κ3) is 3.38. The lowest BCUT2D eigenvalue weighted by atomic mass is 9.89. The number of anilines is 1. The van der Waals surface area contributed by atoms with E-state index in [2.05, 4.69) is 36.8 Å². The van der Waals surface area contributed by atoms with Gasteiger partial charge in [0.25, 0.3) is 0 Å². The number of hydrogen-bond donors (Lipinski definition) is 2. The highest BCUT2D eigenvalue weighted by molar-refractivity contribution is 9.10. The molecule has 1 aliphatic heterocycles. The maximum atomic E-state index is 13.5. The maximum absolute atomic E-state index is 13.5. The van der Waals surface area contributed by atoms with E-state index in [4.69, 9.17) is 4.74 Å². The fourth-order valence-corrected chi connectivity index (χ4v) is 3.41. The summed E-state index contributed by atoms with van der Waals surface area (Å²) in [4.78, 5) is 26.0. The summed E-state index contributed by atoms with van der Waals surface area (Å²) in [5.74, 6) is -0.957. The molecule has 0 bridgehead atoms. The highest BCUT2D eigenvalue weighted by Gasteiger charge is 2.38. The minimum Gasteiger partial charge on any atom is -0.508 e. The molecule has 29 heavy (non-hydrogen) atoms. The van der Waals surface area contributed by atoms with Crippen LogP contribution in [0.5, 0.6) is 5.75 Å². The number of aromatic nitrogens is 4. The summed E-state index contributed by atoms with van der Waals surface area (Å²) in [7, 11) is 1.22. The topological polar surface area (TPSA) is 119 Å². The van der Waals surface area contributed by atoms with Gasteiger partial charge in [-0.15, -0.1) is 0 Å². The summed E-state index contributed by atoms with van der Waals surface area (Å²) in [6.07, 6.45) is 0. The number of nitrogens with one attached hydrogen (secondary N) is 1. The van der Waals surface area contributed by atoms with Gasteiger partial charge < -0.3 is 15.2 Å². The zero-order valence-corrected chi connectivity index (χ0v) is 16.6. The van der Waals surface area contributed by atoms with Crippen molar-refractivity contribution in [2.45, 2.75) is 6.04 Å². The van der Waals surface area contributed by atoms with E-state index in [-0.39, 0.29) is 23.0 Å². The van der Waals surface area contributed by atoms with Gasteiger partial charge in [-0.05, 0) is 52.4 Å². The number of aromatic hydroxyl groups is 1. The predicted molar refractivity (Wildman–Crippen MR) is 105 cm³/mol. The van der Waals surface area contributed by atoms with Crippen molar-refractivity contribution in [1.82, 2.24) is 20.2 Å². The van der Waals surface area contributed by atoms with E-state index >= 15 is 0 Å². The number of halogens is 1. The number of phenols is 1. The number of ether oxygens (including phenoxy) is 1. The molecule has 0 saturated heterocycles. The molecule has 146 valence electrons. The Labute approximate surface area is 173 Å². The molecule has 0 radical (unpaired) electrons. The molecule has 1 aromatic heterocycles. The minimum atomic E-state index is -0.849. The number of Topliss-reactive ketones (excluding diaryl/α,β-unsaturated/α-hetero) is 1. The van der Waals surface area contributed by atoms with Crippen molar-refractivity contribution in [2.24, 2.45) is 0 Å². The Bertz CT molecular complexity index is 1140. The van der Waals surface area contributed by atoms with Crippen LogP contribution in [0.4, 0.5) is 5.95 Å². The summed E-state index contributed by atoms with van der Waals surface area (Å²) in [5.41, 5.74) is 0.940. The summed E-state index contributed by atoms with van der Waals surface area (Å²) in [6.45, 7) is 0. The Morgan fingerprint density at radius 2 is 1.97 bits per heavy atom. The quantitative estimate of drug-likeness (QED) is 0.454. The number of ketones is 1. The van der Waals surface area contributed by atoms with Gasteiger partial charge in [0, 0.05) is 10.0 Å². The summed E-state index contributed by atoms with van der Waals surface area (Å²) < 4.78 is 7.07. The minimum absolute atomic E-state index is 0.00529. The normalized spacial score (nSPS) is 15.4. The fourth-order valence-electron chi connectivity index (χ4n) is 3.15. The predicted octanol–water partition coefficient (Wildman–Crippen LogP) is 2.47. The highest BCUT2D eigenvalue weighted by Crippen LogP contribution is 2.37. The van der Waals surface area contributed by atoms with Crippen LogP contribution in [-0.4, -0.2) is 44.2 Å². The van der Waals surface area contributed by atoms with Crippen LogP contribution in [0.25, 0.3) is 0 Å². The maximum Gasteiger partial charge on any atom is 0.355 e. The van der Waals surface area contributed by atoms with Gasteiger partial charge in [0.05, 0.1) is 12.7 Å². The number of rotatable bonds is 4. The van der Waals surface area contributed by atoms with Crippen LogP contribution in [0.1, 0.15) is 22.0 Å². The number of nitrogens with zero attached hydrogens (tertiary/aromatic N) is 4. The van der Waals surface area contributed by atoms with Gasteiger partial charge in [-0.2, -0.15) is 4.68 Å². The largest absolute Gasteiger partial charge is 0.508 e. The van der Waals surface area contributed by atoms with Crippen molar-refractivity contribution in [1.29, 1.82) is 0 Å². The Morgan fingerprint density at radius 1 is 1.21 bits per heavy atom. The van der Waals surface area contributed by atoms with Crippen LogP contribution < -0.4 is 5.32 Å². The monoisotopic (exact) mass is 455 g/mol. The number of allylic oxidation sites excluding steroid dienone is 1. The second-order valence-electron chi connectivity index (χ2n) is 6.19. The Balaban J connectivity index is 1.95. The van der Waals surface area contributed by atoms with Crippen LogP contribution in [0.2, 0.25) is 0 Å². The number of phenolic OH excluding ortho intramolecular Hbond substituents is 1. The SMILES string of the molecule is COC(=O)C1=C(C(=O)c2ccc(Br)cc2)[C@H](c2cccc(O)c2)n2nnnc2N1. The van der Waals surface area contributed by atoms with Crippen LogP contribution in [0.3, 0.4) is 0 Å². The zero-order chi connectivity index (χ0) is 20.5. The van der Waals surface area contributed by atoms with E-state index in [0.29, 0.717) is 11.1 Å². The first-order valence-electron chi connectivity index (χ1n) is 8.46. The second-order valence-corrected chi connectivity index (χ2v) is 7.10.